The molecule has 29 heavy (non-hydrogen) atoms. The highest BCUT2D eigenvalue weighted by Crippen LogP contribution is 2.42. The van der Waals surface area contributed by atoms with Crippen LogP contribution in [-0.4, -0.2) is 11.8 Å². The first-order chi connectivity index (χ1) is 14.1. The molecule has 7 heteroatoms. The van der Waals surface area contributed by atoms with Crippen molar-refractivity contribution in [1.29, 1.82) is 5.26 Å². The Kier molecular flexibility index (Phi) is 5.47. The summed E-state index contributed by atoms with van der Waals surface area (Å²) in [7, 11) is 0. The molecule has 2 atom stereocenters. The molecular weight excluding hydrogens is 402 g/mol. The van der Waals surface area contributed by atoms with Gasteiger partial charge < -0.3 is 10.2 Å². The van der Waals surface area contributed by atoms with Gasteiger partial charge in [0.25, 0.3) is 0 Å². The van der Waals surface area contributed by atoms with Crippen LogP contribution in [0.25, 0.3) is 0 Å². The zero-order valence-electron chi connectivity index (χ0n) is 15.8. The van der Waals surface area contributed by atoms with Crippen LogP contribution in [0.4, 0.5) is 10.7 Å². The molecule has 1 aliphatic heterocycles. The highest BCUT2D eigenvalue weighted by Gasteiger charge is 2.42. The molecule has 3 aromatic rings. The average molecular weight is 422 g/mol. The van der Waals surface area contributed by atoms with Gasteiger partial charge in [0.2, 0.25) is 11.8 Å². The van der Waals surface area contributed by atoms with Gasteiger partial charge in [-0.3, -0.25) is 9.59 Å². The molecule has 5 nitrogen and oxygen atoms in total. The summed E-state index contributed by atoms with van der Waals surface area (Å²) >= 11 is 2.88. The van der Waals surface area contributed by atoms with Crippen LogP contribution in [0.15, 0.2) is 53.2 Å². The Labute approximate surface area is 177 Å². The SMILES string of the molecule is Cc1ccc(N2C(=O)CCC(C(=O)Nc3sccc3C#N)C2c2cccs2)cc1. The molecule has 4 rings (SSSR count). The van der Waals surface area contributed by atoms with Crippen molar-refractivity contribution in [3.63, 3.8) is 0 Å². The van der Waals surface area contributed by atoms with Gasteiger partial charge in [0.1, 0.15) is 11.1 Å². The molecule has 2 aromatic heterocycles. The van der Waals surface area contributed by atoms with Gasteiger partial charge in [0, 0.05) is 17.0 Å². The van der Waals surface area contributed by atoms with Crippen molar-refractivity contribution in [2.75, 3.05) is 10.2 Å². The second-order valence-corrected chi connectivity index (χ2v) is 8.86. The molecule has 1 aliphatic rings. The number of nitrogens with zero attached hydrogens (tertiary/aromatic N) is 2. The van der Waals surface area contributed by atoms with Crippen molar-refractivity contribution < 1.29 is 9.59 Å². The quantitative estimate of drug-likeness (QED) is 0.636. The van der Waals surface area contributed by atoms with Crippen LogP contribution in [0, 0.1) is 24.2 Å². The lowest BCUT2D eigenvalue weighted by Crippen LogP contribution is -2.46. The number of anilines is 2. The smallest absolute Gasteiger partial charge is 0.230 e. The Morgan fingerprint density at radius 3 is 2.66 bits per heavy atom. The Hall–Kier alpha value is -2.95. The number of carbonyl (C=O) groups excluding carboxylic acids is 2. The van der Waals surface area contributed by atoms with Gasteiger partial charge in [-0.05, 0) is 48.4 Å². The van der Waals surface area contributed by atoms with Gasteiger partial charge in [-0.1, -0.05) is 23.8 Å². The molecule has 1 fully saturated rings. The predicted octanol–water partition coefficient (Wildman–Crippen LogP) is 5.11. The van der Waals surface area contributed by atoms with Gasteiger partial charge in [0.05, 0.1) is 17.5 Å². The molecule has 0 radical (unpaired) electrons. The number of thiophene rings is 2. The summed E-state index contributed by atoms with van der Waals surface area (Å²) in [6.45, 7) is 2.00. The summed E-state index contributed by atoms with van der Waals surface area (Å²) < 4.78 is 0. The molecule has 1 saturated heterocycles. The third kappa shape index (κ3) is 3.82. The summed E-state index contributed by atoms with van der Waals surface area (Å²) in [5.74, 6) is -0.543. The molecule has 0 bridgehead atoms. The van der Waals surface area contributed by atoms with E-state index in [1.54, 1.807) is 27.7 Å². The minimum atomic E-state index is -0.402. The van der Waals surface area contributed by atoms with Crippen molar-refractivity contribution in [3.8, 4) is 6.07 Å². The Morgan fingerprint density at radius 1 is 1.17 bits per heavy atom. The molecule has 146 valence electrons. The number of piperidine rings is 1. The van der Waals surface area contributed by atoms with Gasteiger partial charge in [0.15, 0.2) is 0 Å². The zero-order chi connectivity index (χ0) is 20.4. The second-order valence-electron chi connectivity index (χ2n) is 6.97. The number of amides is 2. The third-order valence-corrected chi connectivity index (χ3v) is 6.88. The highest BCUT2D eigenvalue weighted by atomic mass is 32.1. The summed E-state index contributed by atoms with van der Waals surface area (Å²) in [6, 6.07) is 15.2. The van der Waals surface area contributed by atoms with E-state index in [0.717, 1.165) is 16.1 Å². The van der Waals surface area contributed by atoms with E-state index >= 15 is 0 Å². The third-order valence-electron chi connectivity index (χ3n) is 5.10. The van der Waals surface area contributed by atoms with Crippen LogP contribution in [0.3, 0.4) is 0 Å². The number of aryl methyl sites for hydroxylation is 1. The molecule has 0 saturated carbocycles. The number of hydrogen-bond donors (Lipinski definition) is 1. The monoisotopic (exact) mass is 421 g/mol. The van der Waals surface area contributed by atoms with Crippen molar-refractivity contribution in [2.24, 2.45) is 5.92 Å². The second kappa shape index (κ2) is 8.19. The topological polar surface area (TPSA) is 73.2 Å². The van der Waals surface area contributed by atoms with Crippen LogP contribution in [0.5, 0.6) is 0 Å². The first-order valence-electron chi connectivity index (χ1n) is 9.29. The van der Waals surface area contributed by atoms with E-state index in [2.05, 4.69) is 11.4 Å². The number of nitrogens with one attached hydrogen (secondary N) is 1. The highest BCUT2D eigenvalue weighted by molar-refractivity contribution is 7.14. The largest absolute Gasteiger partial charge is 0.316 e. The maximum absolute atomic E-state index is 13.2. The van der Waals surface area contributed by atoms with Crippen LogP contribution in [0.1, 0.15) is 34.9 Å². The molecule has 2 amide bonds. The number of carbonyl (C=O) groups is 2. The van der Waals surface area contributed by atoms with E-state index in [0.29, 0.717) is 23.4 Å². The summed E-state index contributed by atoms with van der Waals surface area (Å²) in [6.07, 6.45) is 0.784. The molecule has 1 aromatic carbocycles. The lowest BCUT2D eigenvalue weighted by atomic mass is 9.86. The van der Waals surface area contributed by atoms with Crippen molar-refractivity contribution in [2.45, 2.75) is 25.8 Å². The maximum atomic E-state index is 13.2. The lowest BCUT2D eigenvalue weighted by Gasteiger charge is -2.40. The van der Waals surface area contributed by atoms with Gasteiger partial charge in [-0.25, -0.2) is 0 Å². The van der Waals surface area contributed by atoms with E-state index in [1.807, 2.05) is 48.7 Å². The fraction of sp³-hybridized carbons (Fsp3) is 0.227. The van der Waals surface area contributed by atoms with Gasteiger partial charge in [-0.15, -0.1) is 22.7 Å². The first-order valence-corrected chi connectivity index (χ1v) is 11.0. The van der Waals surface area contributed by atoms with Crippen LogP contribution in [-0.2, 0) is 9.59 Å². The molecule has 3 heterocycles. The zero-order valence-corrected chi connectivity index (χ0v) is 17.4. The number of nitriles is 1. The predicted molar refractivity (Wildman–Crippen MR) is 116 cm³/mol. The molecule has 1 N–H and O–H groups in total. The van der Waals surface area contributed by atoms with Crippen LogP contribution >= 0.6 is 22.7 Å². The normalized spacial score (nSPS) is 19.0. The van der Waals surface area contributed by atoms with Crippen molar-refractivity contribution >= 4 is 45.2 Å². The summed E-state index contributed by atoms with van der Waals surface area (Å²) in [5.41, 5.74) is 2.37. The van der Waals surface area contributed by atoms with E-state index in [9.17, 15) is 14.9 Å². The molecule has 0 aliphatic carbocycles. The maximum Gasteiger partial charge on any atom is 0.230 e. The Bertz CT molecular complexity index is 1060. The average Bonchev–Trinajstić information content (AvgIpc) is 3.40. The van der Waals surface area contributed by atoms with Gasteiger partial charge in [-0.2, -0.15) is 5.26 Å². The lowest BCUT2D eigenvalue weighted by molar-refractivity contribution is -0.125. The van der Waals surface area contributed by atoms with E-state index in [-0.39, 0.29) is 17.9 Å². The summed E-state index contributed by atoms with van der Waals surface area (Å²) in [5, 5.41) is 16.5. The van der Waals surface area contributed by atoms with E-state index < -0.39 is 5.92 Å². The fourth-order valence-electron chi connectivity index (χ4n) is 3.66. The van der Waals surface area contributed by atoms with E-state index in [4.69, 9.17) is 0 Å². The Balaban J connectivity index is 1.71. The van der Waals surface area contributed by atoms with Crippen LogP contribution < -0.4 is 10.2 Å². The van der Waals surface area contributed by atoms with Crippen molar-refractivity contribution in [1.82, 2.24) is 0 Å². The molecule has 0 spiro atoms. The first kappa shape index (κ1) is 19.4. The molecule has 2 unspecified atom stereocenters. The molecular formula is C22H19N3O2S2. The minimum absolute atomic E-state index is 0.0186. The Morgan fingerprint density at radius 2 is 1.97 bits per heavy atom. The van der Waals surface area contributed by atoms with Gasteiger partial charge >= 0.3 is 0 Å². The fourth-order valence-corrected chi connectivity index (χ4v) is 5.28. The van der Waals surface area contributed by atoms with E-state index in [1.165, 1.54) is 11.3 Å². The summed E-state index contributed by atoms with van der Waals surface area (Å²) in [4.78, 5) is 28.9. The minimum Gasteiger partial charge on any atom is -0.316 e. The standard InChI is InChI=1S/C22H19N3O2S2/c1-14-4-6-16(7-5-14)25-19(26)9-8-17(20(25)18-3-2-11-28-18)21(27)24-22-15(13-23)10-12-29-22/h2-7,10-12,17,20H,8-9H2,1H3,(H,24,27). The number of rotatable bonds is 4. The number of benzene rings is 1. The number of hydrogen-bond acceptors (Lipinski definition) is 5. The van der Waals surface area contributed by atoms with Crippen LogP contribution in [0.2, 0.25) is 0 Å². The van der Waals surface area contributed by atoms with Crippen molar-refractivity contribution in [3.05, 3.63) is 69.2 Å².